The van der Waals surface area contributed by atoms with Gasteiger partial charge in [0, 0.05) is 35.8 Å². The lowest BCUT2D eigenvalue weighted by Gasteiger charge is -2.15. The molecule has 0 amide bonds. The van der Waals surface area contributed by atoms with Crippen molar-refractivity contribution < 1.29 is 4.52 Å². The molecule has 0 unspecified atom stereocenters. The molecule has 1 atom stereocenters. The van der Waals surface area contributed by atoms with Gasteiger partial charge in [-0.1, -0.05) is 41.6 Å². The Hall–Kier alpha value is -3.82. The zero-order valence-corrected chi connectivity index (χ0v) is 19.0. The van der Waals surface area contributed by atoms with Gasteiger partial charge in [0.2, 0.25) is 0 Å². The molecule has 4 aromatic rings. The third kappa shape index (κ3) is 5.51. The van der Waals surface area contributed by atoms with Crippen LogP contribution >= 0.6 is 11.3 Å². The maximum atomic E-state index is 6.41. The summed E-state index contributed by atoms with van der Waals surface area (Å²) >= 11 is 1.55. The first kappa shape index (κ1) is 22.4. The number of hydrogen-bond acceptors (Lipinski definition) is 9. The van der Waals surface area contributed by atoms with Crippen molar-refractivity contribution in [3.05, 3.63) is 77.8 Å². The van der Waals surface area contributed by atoms with Crippen LogP contribution in [0, 0.1) is 0 Å². The molecule has 33 heavy (non-hydrogen) atoms. The standard InChI is InChI=1S/C24H25N7OS/c1-3-17(9-11-26-2)23-29-21-19(28-20-10-12-32-31-20)15-33-22(21)24(30-23)27-14-18(25)13-16-7-5-4-6-8-16/h3-12,15,18H,2,13-14,25H2,1H3,(H,28,31)(H,27,29,30)/b11-9-,17-3+/t18-/m0/s1. The van der Waals surface area contributed by atoms with E-state index in [1.807, 2.05) is 42.7 Å². The SMILES string of the molecule is C=N/C=C\C(=C/C)c1nc(NC[C@@H](N)Cc2ccccc2)c2scc(Nc3ccon3)c2n1. The van der Waals surface area contributed by atoms with Gasteiger partial charge in [0.1, 0.15) is 17.6 Å². The second kappa shape index (κ2) is 10.7. The maximum absolute atomic E-state index is 6.41. The first-order chi connectivity index (χ1) is 16.2. The Kier molecular flexibility index (Phi) is 7.23. The molecule has 4 rings (SSSR count). The van der Waals surface area contributed by atoms with Crippen LogP contribution in [0.25, 0.3) is 15.8 Å². The molecule has 0 radical (unpaired) electrons. The number of allylic oxidation sites excluding steroid dienone is 3. The van der Waals surface area contributed by atoms with E-state index in [1.54, 1.807) is 23.6 Å². The Bertz CT molecular complexity index is 1260. The average molecular weight is 460 g/mol. The zero-order valence-electron chi connectivity index (χ0n) is 18.2. The topological polar surface area (TPSA) is 114 Å². The molecule has 0 spiro atoms. The van der Waals surface area contributed by atoms with Gasteiger partial charge in [-0.3, -0.25) is 4.99 Å². The molecule has 8 nitrogen and oxygen atoms in total. The third-order valence-corrected chi connectivity index (χ3v) is 5.89. The lowest BCUT2D eigenvalue weighted by atomic mass is 10.1. The average Bonchev–Trinajstić information content (AvgIpc) is 3.49. The van der Waals surface area contributed by atoms with Crippen molar-refractivity contribution in [2.45, 2.75) is 19.4 Å². The van der Waals surface area contributed by atoms with Gasteiger partial charge in [0.25, 0.3) is 0 Å². The Morgan fingerprint density at radius 2 is 2.12 bits per heavy atom. The van der Waals surface area contributed by atoms with Crippen LogP contribution in [0.5, 0.6) is 0 Å². The second-order valence-corrected chi connectivity index (χ2v) is 8.19. The summed E-state index contributed by atoms with van der Waals surface area (Å²) in [5.74, 6) is 1.91. The molecule has 0 saturated carbocycles. The summed E-state index contributed by atoms with van der Waals surface area (Å²) in [4.78, 5) is 13.4. The number of anilines is 3. The quantitative estimate of drug-likeness (QED) is 0.225. The molecule has 0 fully saturated rings. The summed E-state index contributed by atoms with van der Waals surface area (Å²) in [6, 6.07) is 11.9. The largest absolute Gasteiger partial charge is 0.367 e. The molecular weight excluding hydrogens is 434 g/mol. The monoisotopic (exact) mass is 459 g/mol. The van der Waals surface area contributed by atoms with Crippen molar-refractivity contribution >= 4 is 51.2 Å². The summed E-state index contributed by atoms with van der Waals surface area (Å²) in [7, 11) is 0. The predicted molar refractivity (Wildman–Crippen MR) is 136 cm³/mol. The summed E-state index contributed by atoms with van der Waals surface area (Å²) in [6.07, 6.45) is 7.67. The Morgan fingerprint density at radius 3 is 2.85 bits per heavy atom. The van der Waals surface area contributed by atoms with Crippen LogP contribution in [0.15, 0.2) is 75.9 Å². The highest BCUT2D eigenvalue weighted by atomic mass is 32.1. The van der Waals surface area contributed by atoms with Gasteiger partial charge in [0.05, 0.1) is 10.4 Å². The van der Waals surface area contributed by atoms with Gasteiger partial charge in [-0.05, 0) is 31.7 Å². The first-order valence-electron chi connectivity index (χ1n) is 10.5. The van der Waals surface area contributed by atoms with E-state index in [9.17, 15) is 0 Å². The van der Waals surface area contributed by atoms with E-state index in [-0.39, 0.29) is 6.04 Å². The summed E-state index contributed by atoms with van der Waals surface area (Å²) in [5.41, 5.74) is 10.1. The molecule has 0 aliphatic heterocycles. The molecule has 168 valence electrons. The van der Waals surface area contributed by atoms with Crippen molar-refractivity contribution in [1.82, 2.24) is 15.1 Å². The van der Waals surface area contributed by atoms with Crippen LogP contribution in [-0.4, -0.2) is 34.4 Å². The lowest BCUT2D eigenvalue weighted by Crippen LogP contribution is -2.31. The smallest absolute Gasteiger partial charge is 0.173 e. The van der Waals surface area contributed by atoms with Crippen molar-refractivity contribution in [3.63, 3.8) is 0 Å². The minimum Gasteiger partial charge on any atom is -0.367 e. The van der Waals surface area contributed by atoms with Crippen LogP contribution < -0.4 is 16.4 Å². The van der Waals surface area contributed by atoms with Crippen LogP contribution in [-0.2, 0) is 6.42 Å². The van der Waals surface area contributed by atoms with Crippen molar-refractivity contribution in [1.29, 1.82) is 0 Å². The molecule has 0 saturated heterocycles. The Labute approximate surface area is 196 Å². The van der Waals surface area contributed by atoms with E-state index < -0.39 is 0 Å². The highest BCUT2D eigenvalue weighted by molar-refractivity contribution is 7.18. The van der Waals surface area contributed by atoms with E-state index in [1.165, 1.54) is 11.8 Å². The fourth-order valence-electron chi connectivity index (χ4n) is 3.32. The number of hydrogen-bond donors (Lipinski definition) is 3. The fourth-order valence-corrected chi connectivity index (χ4v) is 4.22. The lowest BCUT2D eigenvalue weighted by molar-refractivity contribution is 0.423. The predicted octanol–water partition coefficient (Wildman–Crippen LogP) is 5.02. The Morgan fingerprint density at radius 1 is 1.27 bits per heavy atom. The van der Waals surface area contributed by atoms with Crippen LogP contribution in [0.3, 0.4) is 0 Å². The number of nitrogens with zero attached hydrogens (tertiary/aromatic N) is 4. The fraction of sp³-hybridized carbons (Fsp3) is 0.167. The number of aliphatic imine (C=N–C) groups is 1. The summed E-state index contributed by atoms with van der Waals surface area (Å²) in [6.45, 7) is 6.00. The van der Waals surface area contributed by atoms with Gasteiger partial charge in [-0.25, -0.2) is 9.97 Å². The number of benzene rings is 1. The third-order valence-electron chi connectivity index (χ3n) is 4.92. The number of fused-ring (bicyclic) bond motifs is 1. The van der Waals surface area contributed by atoms with Crippen molar-refractivity contribution in [3.8, 4) is 0 Å². The highest BCUT2D eigenvalue weighted by Crippen LogP contribution is 2.35. The zero-order chi connectivity index (χ0) is 23.0. The molecule has 3 aromatic heterocycles. The number of thiophene rings is 1. The molecule has 0 aliphatic rings. The van der Waals surface area contributed by atoms with Gasteiger partial charge in [0.15, 0.2) is 11.6 Å². The summed E-state index contributed by atoms with van der Waals surface area (Å²) < 4.78 is 5.86. The van der Waals surface area contributed by atoms with Gasteiger partial charge in [-0.2, -0.15) is 0 Å². The second-order valence-electron chi connectivity index (χ2n) is 7.31. The number of nitrogens with two attached hydrogens (primary N) is 1. The molecular formula is C24H25N7OS. The normalized spacial score (nSPS) is 12.8. The van der Waals surface area contributed by atoms with Crippen molar-refractivity contribution in [2.75, 3.05) is 17.2 Å². The van der Waals surface area contributed by atoms with E-state index in [0.717, 1.165) is 33.7 Å². The van der Waals surface area contributed by atoms with Gasteiger partial charge in [-0.15, -0.1) is 11.3 Å². The molecule has 3 heterocycles. The number of nitrogens with one attached hydrogen (secondary N) is 2. The van der Waals surface area contributed by atoms with E-state index in [0.29, 0.717) is 18.2 Å². The molecule has 0 bridgehead atoms. The molecule has 4 N–H and O–H groups in total. The van der Waals surface area contributed by atoms with Crippen LogP contribution in [0.2, 0.25) is 0 Å². The highest BCUT2D eigenvalue weighted by Gasteiger charge is 2.16. The number of rotatable bonds is 10. The minimum absolute atomic E-state index is 0.0698. The molecule has 1 aromatic carbocycles. The van der Waals surface area contributed by atoms with E-state index >= 15 is 0 Å². The van der Waals surface area contributed by atoms with Gasteiger partial charge < -0.3 is 20.9 Å². The minimum atomic E-state index is -0.0698. The summed E-state index contributed by atoms with van der Waals surface area (Å²) in [5, 5.41) is 12.6. The van der Waals surface area contributed by atoms with Gasteiger partial charge >= 0.3 is 0 Å². The maximum Gasteiger partial charge on any atom is 0.173 e. The van der Waals surface area contributed by atoms with Crippen LogP contribution in [0.4, 0.5) is 17.3 Å². The van der Waals surface area contributed by atoms with E-state index in [4.69, 9.17) is 20.2 Å². The Balaban J connectivity index is 1.65. The number of aromatic nitrogens is 3. The van der Waals surface area contributed by atoms with Crippen molar-refractivity contribution in [2.24, 2.45) is 10.7 Å². The molecule has 9 heteroatoms. The van der Waals surface area contributed by atoms with E-state index in [2.05, 4.69) is 39.6 Å². The first-order valence-corrected chi connectivity index (χ1v) is 11.3. The molecule has 0 aliphatic carbocycles. The van der Waals surface area contributed by atoms with Crippen LogP contribution in [0.1, 0.15) is 18.3 Å².